The lowest BCUT2D eigenvalue weighted by atomic mass is 10.1. The fraction of sp³-hybridized carbons (Fsp3) is 0.500. The van der Waals surface area contributed by atoms with E-state index in [1.165, 1.54) is 0 Å². The molecule has 1 aromatic rings. The quantitative estimate of drug-likeness (QED) is 0.789. The molecule has 5 heteroatoms. The maximum absolute atomic E-state index is 11.5. The number of aryl methyl sites for hydroxylation is 1. The summed E-state index contributed by atoms with van der Waals surface area (Å²) in [4.78, 5) is 11.5. The van der Waals surface area contributed by atoms with Crippen molar-refractivity contribution < 1.29 is 9.53 Å². The molecule has 1 amide bonds. The zero-order valence-corrected chi connectivity index (χ0v) is 8.56. The summed E-state index contributed by atoms with van der Waals surface area (Å²) in [6, 6.07) is 1.84. The molecule has 1 aliphatic heterocycles. The van der Waals surface area contributed by atoms with E-state index in [2.05, 4.69) is 15.5 Å². The average molecular weight is 207 g/mol. The number of amides is 1. The van der Waals surface area contributed by atoms with E-state index in [1.54, 1.807) is 6.20 Å². The molecule has 0 unspecified atom stereocenters. The molecule has 1 saturated heterocycles. The second-order valence-electron chi connectivity index (χ2n) is 3.53. The Balaban J connectivity index is 1.99. The highest BCUT2D eigenvalue weighted by atomic mass is 16.5. The lowest BCUT2D eigenvalue weighted by molar-refractivity contribution is -0.133. The predicted octanol–water partition coefficient (Wildman–Crippen LogP) is 0.624. The van der Waals surface area contributed by atoms with Gasteiger partial charge in [-0.25, -0.2) is 0 Å². The van der Waals surface area contributed by atoms with Crippen LogP contribution in [0.1, 0.15) is 12.5 Å². The third-order valence-corrected chi connectivity index (χ3v) is 2.38. The Labute approximate surface area is 87.8 Å². The number of nitrogens with zero attached hydrogens (tertiary/aromatic N) is 2. The summed E-state index contributed by atoms with van der Waals surface area (Å²) in [6.45, 7) is 3.04. The van der Waals surface area contributed by atoms with Crippen LogP contribution in [0, 0.1) is 5.92 Å². The first-order valence-electron chi connectivity index (χ1n) is 5.00. The SMILES string of the molecule is CCc1cnnc(NC(=O)C2COC2)c1. The molecule has 2 heterocycles. The highest BCUT2D eigenvalue weighted by Crippen LogP contribution is 2.13. The molecule has 0 saturated carbocycles. The van der Waals surface area contributed by atoms with Gasteiger partial charge in [0.1, 0.15) is 0 Å². The minimum Gasteiger partial charge on any atom is -0.380 e. The maximum atomic E-state index is 11.5. The molecule has 0 spiro atoms. The average Bonchev–Trinajstić information content (AvgIpc) is 2.15. The van der Waals surface area contributed by atoms with Gasteiger partial charge in [-0.2, -0.15) is 5.10 Å². The Morgan fingerprint density at radius 2 is 2.47 bits per heavy atom. The first kappa shape index (κ1) is 10.0. The van der Waals surface area contributed by atoms with Gasteiger partial charge in [-0.15, -0.1) is 5.10 Å². The van der Waals surface area contributed by atoms with Crippen LogP contribution < -0.4 is 5.32 Å². The molecule has 2 rings (SSSR count). The Bertz CT molecular complexity index is 363. The van der Waals surface area contributed by atoms with E-state index in [0.717, 1.165) is 12.0 Å². The Morgan fingerprint density at radius 3 is 3.07 bits per heavy atom. The summed E-state index contributed by atoms with van der Waals surface area (Å²) in [5.41, 5.74) is 1.06. The molecule has 1 aromatic heterocycles. The summed E-state index contributed by atoms with van der Waals surface area (Å²) >= 11 is 0. The van der Waals surface area contributed by atoms with Crippen molar-refractivity contribution in [2.24, 2.45) is 5.92 Å². The summed E-state index contributed by atoms with van der Waals surface area (Å²) in [7, 11) is 0. The molecule has 5 nitrogen and oxygen atoms in total. The number of nitrogens with one attached hydrogen (secondary N) is 1. The number of anilines is 1. The molecule has 1 aliphatic rings. The number of ether oxygens (including phenoxy) is 1. The van der Waals surface area contributed by atoms with Crippen LogP contribution in [-0.2, 0) is 16.0 Å². The summed E-state index contributed by atoms with van der Waals surface area (Å²) in [5, 5.41) is 10.4. The van der Waals surface area contributed by atoms with Gasteiger partial charge in [0.15, 0.2) is 5.82 Å². The van der Waals surface area contributed by atoms with Gasteiger partial charge in [-0.3, -0.25) is 4.79 Å². The van der Waals surface area contributed by atoms with Gasteiger partial charge < -0.3 is 10.1 Å². The van der Waals surface area contributed by atoms with Crippen LogP contribution in [0.2, 0.25) is 0 Å². The molecule has 0 aliphatic carbocycles. The van der Waals surface area contributed by atoms with E-state index in [0.29, 0.717) is 19.0 Å². The van der Waals surface area contributed by atoms with E-state index in [9.17, 15) is 4.79 Å². The topological polar surface area (TPSA) is 64.1 Å². The van der Waals surface area contributed by atoms with Gasteiger partial charge in [0, 0.05) is 0 Å². The highest BCUT2D eigenvalue weighted by Gasteiger charge is 2.26. The van der Waals surface area contributed by atoms with Crippen LogP contribution in [0.15, 0.2) is 12.3 Å². The predicted molar refractivity (Wildman–Crippen MR) is 54.3 cm³/mol. The van der Waals surface area contributed by atoms with E-state index >= 15 is 0 Å². The van der Waals surface area contributed by atoms with Crippen molar-refractivity contribution in [3.05, 3.63) is 17.8 Å². The van der Waals surface area contributed by atoms with Gasteiger partial charge in [0.2, 0.25) is 5.91 Å². The van der Waals surface area contributed by atoms with Gasteiger partial charge >= 0.3 is 0 Å². The Kier molecular flexibility index (Phi) is 2.91. The van der Waals surface area contributed by atoms with E-state index in [4.69, 9.17) is 4.74 Å². The molecule has 0 radical (unpaired) electrons. The van der Waals surface area contributed by atoms with Crippen molar-refractivity contribution in [3.8, 4) is 0 Å². The second-order valence-corrected chi connectivity index (χ2v) is 3.53. The zero-order valence-electron chi connectivity index (χ0n) is 8.56. The van der Waals surface area contributed by atoms with Crippen LogP contribution in [0.4, 0.5) is 5.82 Å². The minimum absolute atomic E-state index is 0.0305. The zero-order chi connectivity index (χ0) is 10.7. The first-order valence-corrected chi connectivity index (χ1v) is 5.00. The monoisotopic (exact) mass is 207 g/mol. The van der Waals surface area contributed by atoms with Crippen molar-refractivity contribution in [2.45, 2.75) is 13.3 Å². The fourth-order valence-electron chi connectivity index (χ4n) is 1.28. The summed E-state index contributed by atoms with van der Waals surface area (Å²) < 4.78 is 4.94. The van der Waals surface area contributed by atoms with Crippen LogP contribution in [0.25, 0.3) is 0 Å². The van der Waals surface area contributed by atoms with Crippen molar-refractivity contribution in [1.29, 1.82) is 0 Å². The lowest BCUT2D eigenvalue weighted by Crippen LogP contribution is -2.38. The second kappa shape index (κ2) is 4.35. The molecular formula is C10H13N3O2. The number of carbonyl (C=O) groups excluding carboxylic acids is 1. The summed E-state index contributed by atoms with van der Waals surface area (Å²) in [6.07, 6.45) is 2.58. The molecular weight excluding hydrogens is 194 g/mol. The van der Waals surface area contributed by atoms with Gasteiger partial charge in [-0.05, 0) is 18.1 Å². The fourth-order valence-corrected chi connectivity index (χ4v) is 1.28. The third kappa shape index (κ3) is 2.30. The molecule has 15 heavy (non-hydrogen) atoms. The van der Waals surface area contributed by atoms with Crippen LogP contribution >= 0.6 is 0 Å². The van der Waals surface area contributed by atoms with Crippen molar-refractivity contribution in [2.75, 3.05) is 18.5 Å². The van der Waals surface area contributed by atoms with Gasteiger partial charge in [0.25, 0.3) is 0 Å². The van der Waals surface area contributed by atoms with Crippen LogP contribution in [0.5, 0.6) is 0 Å². The van der Waals surface area contributed by atoms with Gasteiger partial charge in [-0.1, -0.05) is 6.92 Å². The maximum Gasteiger partial charge on any atom is 0.233 e. The van der Waals surface area contributed by atoms with Gasteiger partial charge in [0.05, 0.1) is 25.3 Å². The van der Waals surface area contributed by atoms with Crippen molar-refractivity contribution >= 4 is 11.7 Å². The molecule has 0 bridgehead atoms. The van der Waals surface area contributed by atoms with E-state index in [-0.39, 0.29) is 11.8 Å². The molecule has 1 N–H and O–H groups in total. The molecule has 0 atom stereocenters. The normalized spacial score (nSPS) is 15.8. The van der Waals surface area contributed by atoms with E-state index < -0.39 is 0 Å². The number of hydrogen-bond donors (Lipinski definition) is 1. The van der Waals surface area contributed by atoms with Crippen molar-refractivity contribution in [1.82, 2.24) is 10.2 Å². The molecule has 1 fully saturated rings. The number of rotatable bonds is 3. The smallest absolute Gasteiger partial charge is 0.233 e. The largest absolute Gasteiger partial charge is 0.380 e. The third-order valence-electron chi connectivity index (χ3n) is 2.38. The number of hydrogen-bond acceptors (Lipinski definition) is 4. The van der Waals surface area contributed by atoms with Crippen LogP contribution in [-0.4, -0.2) is 29.3 Å². The Morgan fingerprint density at radius 1 is 1.67 bits per heavy atom. The highest BCUT2D eigenvalue weighted by molar-refractivity contribution is 5.92. The minimum atomic E-state index is -0.0381. The number of aromatic nitrogens is 2. The molecule has 0 aromatic carbocycles. The van der Waals surface area contributed by atoms with Crippen LogP contribution in [0.3, 0.4) is 0 Å². The standard InChI is InChI=1S/C10H13N3O2/c1-2-7-3-9(13-11-4-7)12-10(14)8-5-15-6-8/h3-4,8H,2,5-6H2,1H3,(H,12,13,14). The molecule has 80 valence electrons. The Hall–Kier alpha value is -1.49. The summed E-state index contributed by atoms with van der Waals surface area (Å²) in [5.74, 6) is 0.451. The van der Waals surface area contributed by atoms with E-state index in [1.807, 2.05) is 13.0 Å². The first-order chi connectivity index (χ1) is 7.29. The number of carbonyl (C=O) groups is 1. The lowest BCUT2D eigenvalue weighted by Gasteiger charge is -2.24. The van der Waals surface area contributed by atoms with Crippen molar-refractivity contribution in [3.63, 3.8) is 0 Å².